The summed E-state index contributed by atoms with van der Waals surface area (Å²) < 4.78 is 7.45. The number of nitrogens with one attached hydrogen (secondary N) is 3. The predicted molar refractivity (Wildman–Crippen MR) is 156 cm³/mol. The number of ether oxygens (including phenoxy) is 1. The highest BCUT2D eigenvalue weighted by Gasteiger charge is 2.43. The molecule has 0 saturated carbocycles. The topological polar surface area (TPSA) is 190 Å². The molecule has 7 N–H and O–H groups in total. The van der Waals surface area contributed by atoms with E-state index in [1.165, 1.54) is 12.7 Å². The molecule has 5 rings (SSSR count). The van der Waals surface area contributed by atoms with Gasteiger partial charge in [-0.3, -0.25) is 14.2 Å². The van der Waals surface area contributed by atoms with E-state index in [2.05, 4.69) is 30.9 Å². The molecular weight excluding hydrogens is 540 g/mol. The molecule has 42 heavy (non-hydrogen) atoms. The maximum absolute atomic E-state index is 12.6. The van der Waals surface area contributed by atoms with E-state index < -0.39 is 24.5 Å². The highest BCUT2D eigenvalue weighted by molar-refractivity contribution is 5.92. The van der Waals surface area contributed by atoms with Crippen LogP contribution in [0, 0.1) is 0 Å². The van der Waals surface area contributed by atoms with Crippen molar-refractivity contribution in [3.8, 4) is 0 Å². The molecule has 13 heteroatoms. The first-order valence-electron chi connectivity index (χ1n) is 13.8. The molecule has 3 heterocycles. The molecule has 2 amide bonds. The largest absolute Gasteiger partial charge is 0.388 e. The van der Waals surface area contributed by atoms with Gasteiger partial charge in [-0.2, -0.15) is 0 Å². The highest BCUT2D eigenvalue weighted by atomic mass is 16.6. The van der Waals surface area contributed by atoms with Crippen molar-refractivity contribution in [1.29, 1.82) is 0 Å². The second-order valence-electron chi connectivity index (χ2n) is 10.1. The van der Waals surface area contributed by atoms with E-state index in [0.29, 0.717) is 42.2 Å². The number of anilines is 3. The summed E-state index contributed by atoms with van der Waals surface area (Å²) in [6.07, 6.45) is 0.498. The number of aliphatic hydroxyl groups excluding tert-OH is 2. The van der Waals surface area contributed by atoms with Gasteiger partial charge in [0.25, 0.3) is 0 Å². The number of aromatic nitrogens is 4. The molecule has 0 aliphatic carbocycles. The summed E-state index contributed by atoms with van der Waals surface area (Å²) in [5.74, 6) is 0.196. The number of fused-ring (bicyclic) bond motifs is 1. The van der Waals surface area contributed by atoms with E-state index in [1.807, 2.05) is 31.2 Å². The van der Waals surface area contributed by atoms with Crippen molar-refractivity contribution in [3.05, 3.63) is 72.3 Å². The molecular formula is C29H34N8O5. The zero-order chi connectivity index (χ0) is 29.6. The van der Waals surface area contributed by atoms with Gasteiger partial charge < -0.3 is 36.6 Å². The van der Waals surface area contributed by atoms with Gasteiger partial charge in [-0.1, -0.05) is 31.2 Å². The van der Waals surface area contributed by atoms with Gasteiger partial charge in [-0.15, -0.1) is 0 Å². The van der Waals surface area contributed by atoms with Crippen LogP contribution in [-0.4, -0.2) is 72.9 Å². The third-order valence-corrected chi connectivity index (χ3v) is 7.02. The Balaban J connectivity index is 1.18. The summed E-state index contributed by atoms with van der Waals surface area (Å²) in [6, 6.07) is 14.5. The van der Waals surface area contributed by atoms with Crippen LogP contribution in [-0.2, 0) is 27.2 Å². The number of carbonyl (C=O) groups is 2. The molecule has 0 spiro atoms. The van der Waals surface area contributed by atoms with Gasteiger partial charge in [0, 0.05) is 24.5 Å². The normalized spacial score (nSPS) is 20.0. The average Bonchev–Trinajstić information content (AvgIpc) is 3.54. The van der Waals surface area contributed by atoms with Crippen molar-refractivity contribution in [2.24, 2.45) is 5.73 Å². The maximum atomic E-state index is 12.6. The first-order chi connectivity index (χ1) is 20.4. The number of rotatable bonds is 11. The van der Waals surface area contributed by atoms with Crippen LogP contribution in [0.5, 0.6) is 0 Å². The molecule has 1 fully saturated rings. The Kier molecular flexibility index (Phi) is 9.03. The summed E-state index contributed by atoms with van der Waals surface area (Å²) in [5.41, 5.74) is 9.37. The fraction of sp³-hybridized carbons (Fsp3) is 0.345. The Hall–Kier alpha value is -4.43. The molecule has 1 saturated heterocycles. The SMILES string of the molecule is CC[C@H]1O[C@@H](n2cnc3c(Nc4ccc(CC(=O)Nc5ccc(CC(=O)NCCN)cc5)cc4)ncnc32)[C@H](O)[C@@H]1O. The van der Waals surface area contributed by atoms with Gasteiger partial charge >= 0.3 is 0 Å². The first kappa shape index (κ1) is 29.1. The Labute approximate surface area is 242 Å². The number of amides is 2. The van der Waals surface area contributed by atoms with Crippen molar-refractivity contribution in [2.45, 2.75) is 50.7 Å². The number of hydrogen-bond acceptors (Lipinski definition) is 10. The fourth-order valence-corrected chi connectivity index (χ4v) is 4.82. The van der Waals surface area contributed by atoms with Crippen LogP contribution in [0.4, 0.5) is 17.2 Å². The molecule has 0 bridgehead atoms. The lowest BCUT2D eigenvalue weighted by atomic mass is 10.1. The van der Waals surface area contributed by atoms with E-state index in [9.17, 15) is 19.8 Å². The van der Waals surface area contributed by atoms with Crippen LogP contribution in [0.15, 0.2) is 61.2 Å². The van der Waals surface area contributed by atoms with Crippen LogP contribution in [0.25, 0.3) is 11.2 Å². The number of nitrogens with two attached hydrogens (primary N) is 1. The summed E-state index contributed by atoms with van der Waals surface area (Å²) in [5, 5.41) is 29.6. The van der Waals surface area contributed by atoms with Gasteiger partial charge in [0.2, 0.25) is 11.8 Å². The van der Waals surface area contributed by atoms with E-state index >= 15 is 0 Å². The number of aliphatic hydroxyl groups is 2. The predicted octanol–water partition coefficient (Wildman–Crippen LogP) is 1.40. The Morgan fingerprint density at radius 2 is 1.60 bits per heavy atom. The van der Waals surface area contributed by atoms with Crippen LogP contribution in [0.1, 0.15) is 30.7 Å². The molecule has 13 nitrogen and oxygen atoms in total. The number of benzene rings is 2. The minimum Gasteiger partial charge on any atom is -0.388 e. The van der Waals surface area contributed by atoms with Gasteiger partial charge in [-0.25, -0.2) is 15.0 Å². The summed E-state index contributed by atoms with van der Waals surface area (Å²) in [4.78, 5) is 37.5. The average molecular weight is 575 g/mol. The smallest absolute Gasteiger partial charge is 0.228 e. The molecule has 4 aromatic rings. The standard InChI is InChI=1S/C29H34N8O5/c1-2-21-25(40)26(41)29(42-21)37-16-34-24-27(32-15-33-28(24)37)36-20-9-5-18(6-10-20)14-23(39)35-19-7-3-17(4-8-19)13-22(38)31-12-11-30/h3-10,15-16,21,25-26,29,40-41H,2,11-14,30H2,1H3,(H,31,38)(H,35,39)(H,32,33,36)/t21-,25-,26-,29-/m1/s1. The van der Waals surface area contributed by atoms with E-state index in [-0.39, 0.29) is 24.7 Å². The fourth-order valence-electron chi connectivity index (χ4n) is 4.82. The van der Waals surface area contributed by atoms with Crippen molar-refractivity contribution >= 4 is 40.2 Å². The zero-order valence-corrected chi connectivity index (χ0v) is 23.1. The lowest BCUT2D eigenvalue weighted by Gasteiger charge is -2.16. The number of nitrogens with zero attached hydrogens (tertiary/aromatic N) is 4. The first-order valence-corrected chi connectivity index (χ1v) is 13.8. The van der Waals surface area contributed by atoms with Gasteiger partial charge in [0.1, 0.15) is 18.5 Å². The minimum atomic E-state index is -1.11. The maximum Gasteiger partial charge on any atom is 0.228 e. The van der Waals surface area contributed by atoms with E-state index in [4.69, 9.17) is 10.5 Å². The minimum absolute atomic E-state index is 0.0988. The summed E-state index contributed by atoms with van der Waals surface area (Å²) in [7, 11) is 0. The lowest BCUT2D eigenvalue weighted by Crippen LogP contribution is -2.31. The third kappa shape index (κ3) is 6.55. The zero-order valence-electron chi connectivity index (χ0n) is 23.1. The number of imidazole rings is 1. The van der Waals surface area contributed by atoms with Gasteiger partial charge in [-0.05, 0) is 41.8 Å². The highest BCUT2D eigenvalue weighted by Crippen LogP contribution is 2.33. The van der Waals surface area contributed by atoms with Crippen LogP contribution >= 0.6 is 0 Å². The Bertz CT molecular complexity index is 1530. The van der Waals surface area contributed by atoms with Gasteiger partial charge in [0.05, 0.1) is 25.3 Å². The van der Waals surface area contributed by atoms with Gasteiger partial charge in [0.15, 0.2) is 23.2 Å². The van der Waals surface area contributed by atoms with Crippen molar-refractivity contribution in [3.63, 3.8) is 0 Å². The van der Waals surface area contributed by atoms with Crippen molar-refractivity contribution in [1.82, 2.24) is 24.8 Å². The number of carbonyl (C=O) groups excluding carboxylic acids is 2. The Morgan fingerprint density at radius 1 is 0.929 bits per heavy atom. The molecule has 4 atom stereocenters. The van der Waals surface area contributed by atoms with Crippen LogP contribution in [0.2, 0.25) is 0 Å². The van der Waals surface area contributed by atoms with Crippen molar-refractivity contribution in [2.75, 3.05) is 23.7 Å². The molecule has 2 aromatic heterocycles. The van der Waals surface area contributed by atoms with Crippen LogP contribution < -0.4 is 21.7 Å². The lowest BCUT2D eigenvalue weighted by molar-refractivity contribution is -0.120. The Morgan fingerprint density at radius 3 is 2.24 bits per heavy atom. The summed E-state index contributed by atoms with van der Waals surface area (Å²) in [6.45, 7) is 2.71. The number of hydrogen-bond donors (Lipinski definition) is 6. The third-order valence-electron chi connectivity index (χ3n) is 7.02. The van der Waals surface area contributed by atoms with E-state index in [1.54, 1.807) is 28.8 Å². The molecule has 1 aliphatic heterocycles. The monoisotopic (exact) mass is 574 g/mol. The summed E-state index contributed by atoms with van der Waals surface area (Å²) >= 11 is 0. The molecule has 220 valence electrons. The molecule has 0 radical (unpaired) electrons. The van der Waals surface area contributed by atoms with Crippen LogP contribution in [0.3, 0.4) is 0 Å². The quantitative estimate of drug-likeness (QED) is 0.153. The van der Waals surface area contributed by atoms with Crippen molar-refractivity contribution < 1.29 is 24.5 Å². The molecule has 0 unspecified atom stereocenters. The second-order valence-corrected chi connectivity index (χ2v) is 10.1. The second kappa shape index (κ2) is 13.0. The van der Waals surface area contributed by atoms with E-state index in [0.717, 1.165) is 16.8 Å². The molecule has 1 aliphatic rings. The molecule has 2 aromatic carbocycles.